The third kappa shape index (κ3) is 1.82. The maximum atomic E-state index is 12.1. The van der Waals surface area contributed by atoms with E-state index in [0.717, 1.165) is 5.69 Å². The van der Waals surface area contributed by atoms with Crippen molar-refractivity contribution in [1.82, 2.24) is 0 Å². The Bertz CT molecular complexity index is 517. The largest absolute Gasteiger partial charge is 0.497 e. The molecule has 0 bridgehead atoms. The van der Waals surface area contributed by atoms with E-state index in [-0.39, 0.29) is 18.2 Å². The Kier molecular flexibility index (Phi) is 3.00. The van der Waals surface area contributed by atoms with E-state index in [0.29, 0.717) is 5.75 Å². The van der Waals surface area contributed by atoms with E-state index < -0.39 is 5.54 Å². The number of ether oxygens (including phenoxy) is 1. The molecule has 1 amide bonds. The van der Waals surface area contributed by atoms with Gasteiger partial charge in [0.25, 0.3) is 0 Å². The van der Waals surface area contributed by atoms with Crippen LogP contribution in [-0.2, 0) is 4.79 Å². The second kappa shape index (κ2) is 4.34. The molecular formula is C14H16N2O2. The van der Waals surface area contributed by atoms with Crippen molar-refractivity contribution < 1.29 is 9.53 Å². The zero-order valence-electron chi connectivity index (χ0n) is 10.8. The minimum Gasteiger partial charge on any atom is -0.497 e. The minimum absolute atomic E-state index is 0.0141. The molecule has 0 N–H and O–H groups in total. The van der Waals surface area contributed by atoms with Crippen LogP contribution in [0.3, 0.4) is 0 Å². The predicted molar refractivity (Wildman–Crippen MR) is 68.3 cm³/mol. The van der Waals surface area contributed by atoms with Crippen molar-refractivity contribution in [2.45, 2.75) is 25.8 Å². The Morgan fingerprint density at radius 2 is 2.22 bits per heavy atom. The second-order valence-electron chi connectivity index (χ2n) is 4.97. The zero-order valence-corrected chi connectivity index (χ0v) is 10.8. The van der Waals surface area contributed by atoms with Crippen LogP contribution < -0.4 is 9.64 Å². The average Bonchev–Trinajstić information content (AvgIpc) is 2.58. The molecule has 0 spiro atoms. The lowest BCUT2D eigenvalue weighted by molar-refractivity contribution is -0.117. The molecule has 0 radical (unpaired) electrons. The van der Waals surface area contributed by atoms with Gasteiger partial charge in [0.1, 0.15) is 5.75 Å². The van der Waals surface area contributed by atoms with Gasteiger partial charge in [-0.25, -0.2) is 0 Å². The van der Waals surface area contributed by atoms with Crippen LogP contribution in [0, 0.1) is 17.2 Å². The Labute approximate surface area is 107 Å². The van der Waals surface area contributed by atoms with Gasteiger partial charge in [0.2, 0.25) is 5.91 Å². The van der Waals surface area contributed by atoms with Crippen LogP contribution in [0.25, 0.3) is 0 Å². The maximum absolute atomic E-state index is 12.1. The van der Waals surface area contributed by atoms with Gasteiger partial charge in [-0.3, -0.25) is 4.79 Å². The van der Waals surface area contributed by atoms with E-state index in [1.807, 2.05) is 38.1 Å². The molecule has 0 saturated carbocycles. The van der Waals surface area contributed by atoms with Gasteiger partial charge in [-0.1, -0.05) is 6.07 Å². The number of nitriles is 1. The molecule has 1 fully saturated rings. The monoisotopic (exact) mass is 244 g/mol. The van der Waals surface area contributed by atoms with E-state index in [1.165, 1.54) is 0 Å². The third-order valence-corrected chi connectivity index (χ3v) is 3.52. The van der Waals surface area contributed by atoms with Gasteiger partial charge in [-0.05, 0) is 26.0 Å². The summed E-state index contributed by atoms with van der Waals surface area (Å²) in [5.41, 5.74) is 0.292. The number of hydrogen-bond acceptors (Lipinski definition) is 3. The fourth-order valence-electron chi connectivity index (χ4n) is 2.42. The van der Waals surface area contributed by atoms with Gasteiger partial charge in [-0.15, -0.1) is 0 Å². The number of rotatable bonds is 2. The highest BCUT2D eigenvalue weighted by Crippen LogP contribution is 2.39. The Balaban J connectivity index is 2.43. The molecule has 1 aromatic rings. The Morgan fingerprint density at radius 3 is 2.78 bits per heavy atom. The van der Waals surface area contributed by atoms with E-state index >= 15 is 0 Å². The molecule has 1 saturated heterocycles. The van der Waals surface area contributed by atoms with Crippen molar-refractivity contribution in [3.63, 3.8) is 0 Å². The van der Waals surface area contributed by atoms with Crippen molar-refractivity contribution in [3.05, 3.63) is 24.3 Å². The van der Waals surface area contributed by atoms with Crippen molar-refractivity contribution in [2.24, 2.45) is 5.92 Å². The fourth-order valence-corrected chi connectivity index (χ4v) is 2.42. The summed E-state index contributed by atoms with van der Waals surface area (Å²) >= 11 is 0. The standard InChI is InChI=1S/C14H16N2O2/c1-14(2)10(9-15)7-13(17)16(14)11-5-4-6-12(8-11)18-3/h4-6,8,10H,7H2,1-3H3. The van der Waals surface area contributed by atoms with E-state index in [4.69, 9.17) is 10.00 Å². The quantitative estimate of drug-likeness (QED) is 0.802. The Hall–Kier alpha value is -2.02. The van der Waals surface area contributed by atoms with Crippen molar-refractivity contribution >= 4 is 11.6 Å². The van der Waals surface area contributed by atoms with Crippen LogP contribution in [0.15, 0.2) is 24.3 Å². The summed E-state index contributed by atoms with van der Waals surface area (Å²) in [4.78, 5) is 13.8. The van der Waals surface area contributed by atoms with Crippen LogP contribution in [0.5, 0.6) is 5.75 Å². The smallest absolute Gasteiger partial charge is 0.228 e. The molecule has 4 heteroatoms. The first kappa shape index (κ1) is 12.4. The number of hydrogen-bond donors (Lipinski definition) is 0. The number of methoxy groups -OCH3 is 1. The summed E-state index contributed by atoms with van der Waals surface area (Å²) in [6, 6.07) is 9.58. The molecule has 1 heterocycles. The Morgan fingerprint density at radius 1 is 1.50 bits per heavy atom. The first-order valence-electron chi connectivity index (χ1n) is 5.87. The highest BCUT2D eigenvalue weighted by Gasteiger charge is 2.47. The molecular weight excluding hydrogens is 228 g/mol. The lowest BCUT2D eigenvalue weighted by atomic mass is 9.89. The van der Waals surface area contributed by atoms with Gasteiger partial charge >= 0.3 is 0 Å². The van der Waals surface area contributed by atoms with Crippen molar-refractivity contribution in [3.8, 4) is 11.8 Å². The van der Waals surface area contributed by atoms with Crippen molar-refractivity contribution in [1.29, 1.82) is 5.26 Å². The molecule has 0 aliphatic carbocycles. The highest BCUT2D eigenvalue weighted by atomic mass is 16.5. The molecule has 18 heavy (non-hydrogen) atoms. The third-order valence-electron chi connectivity index (χ3n) is 3.52. The summed E-state index contributed by atoms with van der Waals surface area (Å²) < 4.78 is 5.17. The molecule has 94 valence electrons. The van der Waals surface area contributed by atoms with Gasteiger partial charge < -0.3 is 9.64 Å². The van der Waals surface area contributed by atoms with Crippen molar-refractivity contribution in [2.75, 3.05) is 12.0 Å². The number of nitrogens with zero attached hydrogens (tertiary/aromatic N) is 2. The van der Waals surface area contributed by atoms with Crippen LogP contribution >= 0.6 is 0 Å². The molecule has 1 aromatic carbocycles. The highest BCUT2D eigenvalue weighted by molar-refractivity contribution is 5.98. The average molecular weight is 244 g/mol. The number of benzene rings is 1. The van der Waals surface area contributed by atoms with Crippen LogP contribution in [0.4, 0.5) is 5.69 Å². The van der Waals surface area contributed by atoms with E-state index in [2.05, 4.69) is 6.07 Å². The van der Waals surface area contributed by atoms with Crippen LogP contribution in [-0.4, -0.2) is 18.6 Å². The SMILES string of the molecule is COc1cccc(N2C(=O)CC(C#N)C2(C)C)c1. The lowest BCUT2D eigenvalue weighted by Gasteiger charge is -2.33. The van der Waals surface area contributed by atoms with E-state index in [9.17, 15) is 4.79 Å². The summed E-state index contributed by atoms with van der Waals surface area (Å²) in [5, 5.41) is 9.13. The summed E-state index contributed by atoms with van der Waals surface area (Å²) in [5.74, 6) is 0.410. The van der Waals surface area contributed by atoms with Gasteiger partial charge in [-0.2, -0.15) is 5.26 Å². The summed E-state index contributed by atoms with van der Waals surface area (Å²) in [7, 11) is 1.59. The lowest BCUT2D eigenvalue weighted by Crippen LogP contribution is -2.44. The normalized spacial score (nSPS) is 21.8. The number of carbonyl (C=O) groups excluding carboxylic acids is 1. The van der Waals surface area contributed by atoms with Crippen LogP contribution in [0.2, 0.25) is 0 Å². The maximum Gasteiger partial charge on any atom is 0.228 e. The molecule has 1 aliphatic heterocycles. The second-order valence-corrected chi connectivity index (χ2v) is 4.97. The molecule has 1 unspecified atom stereocenters. The summed E-state index contributed by atoms with van der Waals surface area (Å²) in [6.45, 7) is 3.84. The first-order chi connectivity index (χ1) is 8.50. The zero-order chi connectivity index (χ0) is 13.3. The number of carbonyl (C=O) groups is 1. The van der Waals surface area contributed by atoms with Gasteiger partial charge in [0, 0.05) is 18.2 Å². The fraction of sp³-hybridized carbons (Fsp3) is 0.429. The molecule has 1 aliphatic rings. The molecule has 4 nitrogen and oxygen atoms in total. The number of amides is 1. The predicted octanol–water partition coefficient (Wildman–Crippen LogP) is 2.35. The summed E-state index contributed by atoms with van der Waals surface area (Å²) in [6.07, 6.45) is 0.278. The van der Waals surface area contributed by atoms with E-state index in [1.54, 1.807) is 12.0 Å². The van der Waals surface area contributed by atoms with Crippen LogP contribution in [0.1, 0.15) is 20.3 Å². The topological polar surface area (TPSA) is 53.3 Å². The molecule has 2 rings (SSSR count). The molecule has 1 atom stereocenters. The van der Waals surface area contributed by atoms with Gasteiger partial charge in [0.05, 0.1) is 24.6 Å². The van der Waals surface area contributed by atoms with Gasteiger partial charge in [0.15, 0.2) is 0 Å². The first-order valence-corrected chi connectivity index (χ1v) is 5.87. The number of anilines is 1. The molecule has 0 aromatic heterocycles. The minimum atomic E-state index is -0.488.